The second-order valence-electron chi connectivity index (χ2n) is 5.64. The average molecular weight is 210 g/mol. The SMILES string of the molecule is CC1CCCN(C2CCCC2C)C1CN. The molecule has 2 N–H and O–H groups in total. The first-order valence-electron chi connectivity index (χ1n) is 6.70. The third-order valence-electron chi connectivity index (χ3n) is 4.64. The molecule has 0 aromatic rings. The highest BCUT2D eigenvalue weighted by atomic mass is 15.2. The van der Waals surface area contributed by atoms with Crippen LogP contribution in [0.5, 0.6) is 0 Å². The highest BCUT2D eigenvalue weighted by molar-refractivity contribution is 4.91. The van der Waals surface area contributed by atoms with Gasteiger partial charge in [-0.1, -0.05) is 20.3 Å². The molecule has 4 atom stereocenters. The van der Waals surface area contributed by atoms with Gasteiger partial charge in [0.2, 0.25) is 0 Å². The Morgan fingerprint density at radius 1 is 1.07 bits per heavy atom. The summed E-state index contributed by atoms with van der Waals surface area (Å²) in [6.45, 7) is 6.94. The molecule has 0 bridgehead atoms. The molecular formula is C13H26N2. The topological polar surface area (TPSA) is 29.3 Å². The zero-order chi connectivity index (χ0) is 10.8. The van der Waals surface area contributed by atoms with Crippen molar-refractivity contribution >= 4 is 0 Å². The first kappa shape index (κ1) is 11.4. The van der Waals surface area contributed by atoms with Gasteiger partial charge in [0.25, 0.3) is 0 Å². The van der Waals surface area contributed by atoms with E-state index in [1.807, 2.05) is 0 Å². The zero-order valence-electron chi connectivity index (χ0n) is 10.3. The fourth-order valence-electron chi connectivity index (χ4n) is 3.68. The summed E-state index contributed by atoms with van der Waals surface area (Å²) in [5, 5.41) is 0. The summed E-state index contributed by atoms with van der Waals surface area (Å²) in [4.78, 5) is 2.74. The van der Waals surface area contributed by atoms with E-state index in [-0.39, 0.29) is 0 Å². The van der Waals surface area contributed by atoms with Crippen LogP contribution in [0.4, 0.5) is 0 Å². The highest BCUT2D eigenvalue weighted by Gasteiger charge is 2.36. The molecule has 1 saturated heterocycles. The molecule has 2 rings (SSSR count). The van der Waals surface area contributed by atoms with E-state index >= 15 is 0 Å². The largest absolute Gasteiger partial charge is 0.329 e. The maximum absolute atomic E-state index is 5.96. The van der Waals surface area contributed by atoms with E-state index in [9.17, 15) is 0 Å². The molecule has 2 heteroatoms. The van der Waals surface area contributed by atoms with Crippen molar-refractivity contribution in [2.24, 2.45) is 17.6 Å². The Balaban J connectivity index is 2.04. The van der Waals surface area contributed by atoms with Gasteiger partial charge in [0, 0.05) is 18.6 Å². The van der Waals surface area contributed by atoms with Crippen LogP contribution in [0.2, 0.25) is 0 Å². The van der Waals surface area contributed by atoms with Crippen molar-refractivity contribution in [1.82, 2.24) is 4.90 Å². The van der Waals surface area contributed by atoms with Gasteiger partial charge in [-0.3, -0.25) is 4.90 Å². The van der Waals surface area contributed by atoms with E-state index in [4.69, 9.17) is 5.73 Å². The van der Waals surface area contributed by atoms with Crippen molar-refractivity contribution in [2.45, 2.75) is 58.0 Å². The van der Waals surface area contributed by atoms with Crippen molar-refractivity contribution in [3.8, 4) is 0 Å². The lowest BCUT2D eigenvalue weighted by Gasteiger charge is -2.44. The minimum Gasteiger partial charge on any atom is -0.329 e. The second kappa shape index (κ2) is 4.84. The summed E-state index contributed by atoms with van der Waals surface area (Å²) >= 11 is 0. The summed E-state index contributed by atoms with van der Waals surface area (Å²) < 4.78 is 0. The van der Waals surface area contributed by atoms with Crippen LogP contribution in [0.25, 0.3) is 0 Å². The predicted octanol–water partition coefficient (Wildman–Crippen LogP) is 2.23. The Kier molecular flexibility index (Phi) is 3.68. The molecule has 1 aliphatic heterocycles. The van der Waals surface area contributed by atoms with Gasteiger partial charge >= 0.3 is 0 Å². The predicted molar refractivity (Wildman–Crippen MR) is 64.7 cm³/mol. The summed E-state index contributed by atoms with van der Waals surface area (Å²) in [6, 6.07) is 1.49. The number of nitrogens with two attached hydrogens (primary N) is 1. The van der Waals surface area contributed by atoms with Gasteiger partial charge in [-0.15, -0.1) is 0 Å². The van der Waals surface area contributed by atoms with Crippen molar-refractivity contribution in [1.29, 1.82) is 0 Å². The van der Waals surface area contributed by atoms with Crippen molar-refractivity contribution in [2.75, 3.05) is 13.1 Å². The number of likely N-dealkylation sites (tertiary alicyclic amines) is 1. The third kappa shape index (κ3) is 2.21. The fourth-order valence-corrected chi connectivity index (χ4v) is 3.68. The molecule has 0 spiro atoms. The fraction of sp³-hybridized carbons (Fsp3) is 1.00. The van der Waals surface area contributed by atoms with Gasteiger partial charge < -0.3 is 5.73 Å². The van der Waals surface area contributed by atoms with Crippen LogP contribution in [0, 0.1) is 11.8 Å². The molecular weight excluding hydrogens is 184 g/mol. The molecule has 88 valence electrons. The van der Waals surface area contributed by atoms with Crippen LogP contribution in [0.3, 0.4) is 0 Å². The standard InChI is InChI=1S/C13H26N2/c1-10-5-3-7-12(10)15-8-4-6-11(2)13(15)9-14/h10-13H,3-9,14H2,1-2H3. The first-order valence-corrected chi connectivity index (χ1v) is 6.70. The number of nitrogens with zero attached hydrogens (tertiary/aromatic N) is 1. The van der Waals surface area contributed by atoms with Crippen LogP contribution in [0.1, 0.15) is 46.0 Å². The Morgan fingerprint density at radius 3 is 2.40 bits per heavy atom. The molecule has 4 unspecified atom stereocenters. The molecule has 0 amide bonds. The molecule has 1 saturated carbocycles. The minimum absolute atomic E-state index is 0.657. The Bertz CT molecular complexity index is 203. The number of rotatable bonds is 2. The van der Waals surface area contributed by atoms with Crippen LogP contribution in [0.15, 0.2) is 0 Å². The van der Waals surface area contributed by atoms with Crippen molar-refractivity contribution in [3.63, 3.8) is 0 Å². The molecule has 2 aliphatic rings. The zero-order valence-corrected chi connectivity index (χ0v) is 10.3. The Hall–Kier alpha value is -0.0800. The quantitative estimate of drug-likeness (QED) is 0.757. The molecule has 0 aromatic carbocycles. The number of piperidine rings is 1. The van der Waals surface area contributed by atoms with Gasteiger partial charge in [-0.05, 0) is 44.1 Å². The smallest absolute Gasteiger partial charge is 0.0247 e. The lowest BCUT2D eigenvalue weighted by molar-refractivity contribution is 0.0484. The van der Waals surface area contributed by atoms with E-state index in [1.54, 1.807) is 0 Å². The minimum atomic E-state index is 0.657. The van der Waals surface area contributed by atoms with E-state index in [2.05, 4.69) is 18.7 Å². The van der Waals surface area contributed by atoms with E-state index in [0.29, 0.717) is 6.04 Å². The van der Waals surface area contributed by atoms with Crippen LogP contribution in [-0.2, 0) is 0 Å². The van der Waals surface area contributed by atoms with Crippen molar-refractivity contribution < 1.29 is 0 Å². The van der Waals surface area contributed by atoms with E-state index in [0.717, 1.165) is 24.4 Å². The second-order valence-corrected chi connectivity index (χ2v) is 5.64. The molecule has 0 radical (unpaired) electrons. The highest BCUT2D eigenvalue weighted by Crippen LogP contribution is 2.34. The third-order valence-corrected chi connectivity index (χ3v) is 4.64. The molecule has 15 heavy (non-hydrogen) atoms. The molecule has 2 fully saturated rings. The van der Waals surface area contributed by atoms with E-state index < -0.39 is 0 Å². The normalized spacial score (nSPS) is 43.4. The molecule has 1 heterocycles. The summed E-state index contributed by atoms with van der Waals surface area (Å²) in [5.41, 5.74) is 5.96. The maximum Gasteiger partial charge on any atom is 0.0247 e. The molecule has 1 aliphatic carbocycles. The van der Waals surface area contributed by atoms with Gasteiger partial charge in [0.05, 0.1) is 0 Å². The first-order chi connectivity index (χ1) is 7.24. The van der Waals surface area contributed by atoms with Gasteiger partial charge in [0.1, 0.15) is 0 Å². The summed E-state index contributed by atoms with van der Waals surface area (Å²) in [7, 11) is 0. The Morgan fingerprint density at radius 2 is 1.80 bits per heavy atom. The van der Waals surface area contributed by atoms with Gasteiger partial charge in [-0.2, -0.15) is 0 Å². The lowest BCUT2D eigenvalue weighted by Crippen LogP contribution is -2.53. The summed E-state index contributed by atoms with van der Waals surface area (Å²) in [6.07, 6.45) is 7.01. The molecule has 2 nitrogen and oxygen atoms in total. The van der Waals surface area contributed by atoms with Crippen LogP contribution < -0.4 is 5.73 Å². The van der Waals surface area contributed by atoms with Crippen LogP contribution in [-0.4, -0.2) is 30.1 Å². The van der Waals surface area contributed by atoms with Gasteiger partial charge in [0.15, 0.2) is 0 Å². The average Bonchev–Trinajstić information content (AvgIpc) is 2.64. The van der Waals surface area contributed by atoms with Crippen LogP contribution >= 0.6 is 0 Å². The number of hydrogen-bond donors (Lipinski definition) is 1. The van der Waals surface area contributed by atoms with E-state index in [1.165, 1.54) is 38.6 Å². The summed E-state index contributed by atoms with van der Waals surface area (Å²) in [5.74, 6) is 1.70. The van der Waals surface area contributed by atoms with Gasteiger partial charge in [-0.25, -0.2) is 0 Å². The lowest BCUT2D eigenvalue weighted by atomic mass is 9.88. The Labute approximate surface area is 94.2 Å². The monoisotopic (exact) mass is 210 g/mol. The molecule has 0 aromatic heterocycles. The number of hydrogen-bond acceptors (Lipinski definition) is 2. The maximum atomic E-state index is 5.96. The van der Waals surface area contributed by atoms with Crippen molar-refractivity contribution in [3.05, 3.63) is 0 Å².